The van der Waals surface area contributed by atoms with E-state index in [1.54, 1.807) is 12.1 Å². The lowest BCUT2D eigenvalue weighted by Crippen LogP contribution is -2.23. The molecule has 0 atom stereocenters. The zero-order valence-electron chi connectivity index (χ0n) is 12.9. The number of carbonyl (C=O) groups excluding carboxylic acids is 1. The van der Waals surface area contributed by atoms with Gasteiger partial charge in [-0.25, -0.2) is 0 Å². The second-order valence-corrected chi connectivity index (χ2v) is 11.5. The Bertz CT molecular complexity index is 436. The highest BCUT2D eigenvalue weighted by atomic mass is 28.3. The number of carbonyl (C=O) groups is 1. The van der Waals surface area contributed by atoms with Crippen LogP contribution in [0.2, 0.25) is 25.7 Å². The molecular weight excluding hydrogens is 272 g/mol. The van der Waals surface area contributed by atoms with Crippen LogP contribution in [0.3, 0.4) is 0 Å². The monoisotopic (exact) mass is 296 g/mol. The molecule has 4 nitrogen and oxygen atoms in total. The summed E-state index contributed by atoms with van der Waals surface area (Å²) >= 11 is 0. The molecule has 1 rings (SSSR count). The van der Waals surface area contributed by atoms with Crippen LogP contribution in [0.15, 0.2) is 24.3 Å². The number of Topliss-reactive ketones (excluding diaryl/α,β-unsaturated/α-hetero) is 1. The predicted molar refractivity (Wildman–Crippen MR) is 82.0 cm³/mol. The molecule has 0 bridgehead atoms. The molecule has 0 fully saturated rings. The van der Waals surface area contributed by atoms with Gasteiger partial charge in [0.15, 0.2) is 5.78 Å². The van der Waals surface area contributed by atoms with Gasteiger partial charge in [-0.2, -0.15) is 0 Å². The second-order valence-electron chi connectivity index (χ2n) is 5.86. The highest BCUT2D eigenvalue weighted by Crippen LogP contribution is 2.23. The van der Waals surface area contributed by atoms with E-state index in [4.69, 9.17) is 14.2 Å². The van der Waals surface area contributed by atoms with Crippen molar-refractivity contribution in [3.63, 3.8) is 0 Å². The van der Waals surface area contributed by atoms with E-state index in [1.165, 1.54) is 14.2 Å². The summed E-state index contributed by atoms with van der Waals surface area (Å²) in [7, 11) is 1.75. The first-order chi connectivity index (χ1) is 9.37. The van der Waals surface area contributed by atoms with Crippen molar-refractivity contribution in [2.24, 2.45) is 0 Å². The molecule has 112 valence electrons. The molecule has 0 saturated heterocycles. The molecular formula is C15H24O4Si. The van der Waals surface area contributed by atoms with Crippen LogP contribution < -0.4 is 4.74 Å². The van der Waals surface area contributed by atoms with Crippen molar-refractivity contribution in [3.8, 4) is 5.75 Å². The molecule has 0 aliphatic rings. The van der Waals surface area contributed by atoms with Crippen LogP contribution in [0, 0.1) is 0 Å². The lowest BCUT2D eigenvalue weighted by Gasteiger charge is -2.18. The Morgan fingerprint density at radius 1 is 1.15 bits per heavy atom. The molecule has 0 unspecified atom stereocenters. The largest absolute Gasteiger partial charge is 0.440 e. The Labute approximate surface area is 122 Å². The standard InChI is InChI=1S/C15H24O4Si/c1-17-15(18-2)19-14-9-7-6-8-12(14)13(16)10-11-20(3,4)5/h6-9,15H,10-11H2,1-5H3. The quantitative estimate of drug-likeness (QED) is 0.418. The lowest BCUT2D eigenvalue weighted by atomic mass is 10.1. The third-order valence-electron chi connectivity index (χ3n) is 2.90. The topological polar surface area (TPSA) is 44.8 Å². The van der Waals surface area contributed by atoms with E-state index in [1.807, 2.05) is 12.1 Å². The molecule has 1 aromatic carbocycles. The molecule has 0 aromatic heterocycles. The third-order valence-corrected chi connectivity index (χ3v) is 4.65. The van der Waals surface area contributed by atoms with Gasteiger partial charge in [0.05, 0.1) is 5.56 Å². The number of hydrogen-bond donors (Lipinski definition) is 0. The molecule has 0 N–H and O–H groups in total. The van der Waals surface area contributed by atoms with Crippen LogP contribution >= 0.6 is 0 Å². The van der Waals surface area contributed by atoms with Crippen molar-refractivity contribution < 1.29 is 19.0 Å². The Morgan fingerprint density at radius 3 is 2.30 bits per heavy atom. The van der Waals surface area contributed by atoms with Crippen LogP contribution in [0.25, 0.3) is 0 Å². The lowest BCUT2D eigenvalue weighted by molar-refractivity contribution is -0.219. The van der Waals surface area contributed by atoms with Crippen LogP contribution in [-0.4, -0.2) is 34.6 Å². The van der Waals surface area contributed by atoms with Gasteiger partial charge < -0.3 is 14.2 Å². The summed E-state index contributed by atoms with van der Waals surface area (Å²) < 4.78 is 15.6. The number of benzene rings is 1. The first-order valence-electron chi connectivity index (χ1n) is 6.72. The van der Waals surface area contributed by atoms with Gasteiger partial charge in [0.25, 0.3) is 0 Å². The zero-order chi connectivity index (χ0) is 15.2. The van der Waals surface area contributed by atoms with E-state index >= 15 is 0 Å². The fourth-order valence-electron chi connectivity index (χ4n) is 1.72. The summed E-state index contributed by atoms with van der Waals surface area (Å²) in [4.78, 5) is 12.3. The van der Waals surface area contributed by atoms with Gasteiger partial charge in [0.1, 0.15) is 5.75 Å². The van der Waals surface area contributed by atoms with Crippen LogP contribution in [0.5, 0.6) is 5.75 Å². The van der Waals surface area contributed by atoms with E-state index in [0.717, 1.165) is 6.04 Å². The molecule has 1 aromatic rings. The van der Waals surface area contributed by atoms with Crippen LogP contribution in [0.4, 0.5) is 0 Å². The minimum atomic E-state index is -1.23. The maximum Gasteiger partial charge on any atom is 0.315 e. The number of rotatable bonds is 8. The molecule has 0 radical (unpaired) electrons. The number of ether oxygens (including phenoxy) is 3. The Morgan fingerprint density at radius 2 is 1.75 bits per heavy atom. The molecule has 20 heavy (non-hydrogen) atoms. The van der Waals surface area contributed by atoms with Crippen molar-refractivity contribution in [3.05, 3.63) is 29.8 Å². The normalized spacial score (nSPS) is 11.7. The van der Waals surface area contributed by atoms with Crippen molar-refractivity contribution in [1.29, 1.82) is 0 Å². The van der Waals surface area contributed by atoms with E-state index in [9.17, 15) is 4.79 Å². The van der Waals surface area contributed by atoms with Gasteiger partial charge in [-0.05, 0) is 12.1 Å². The molecule has 0 heterocycles. The summed E-state index contributed by atoms with van der Waals surface area (Å²) in [5.74, 6) is 0.607. The molecule has 0 amide bonds. The maximum atomic E-state index is 12.3. The van der Waals surface area contributed by atoms with Gasteiger partial charge in [-0.1, -0.05) is 37.8 Å². The Hall–Kier alpha value is -1.17. The molecule has 0 saturated carbocycles. The average molecular weight is 296 g/mol. The fourth-order valence-corrected chi connectivity index (χ4v) is 2.70. The number of hydrogen-bond acceptors (Lipinski definition) is 4. The highest BCUT2D eigenvalue weighted by Gasteiger charge is 2.19. The van der Waals surface area contributed by atoms with Gasteiger partial charge in [0, 0.05) is 28.7 Å². The number of ketones is 1. The summed E-state index contributed by atoms with van der Waals surface area (Å²) in [6, 6.07) is 8.17. The average Bonchev–Trinajstić information content (AvgIpc) is 2.41. The van der Waals surface area contributed by atoms with Crippen LogP contribution in [-0.2, 0) is 9.47 Å². The van der Waals surface area contributed by atoms with E-state index in [0.29, 0.717) is 17.7 Å². The molecule has 0 aliphatic heterocycles. The first kappa shape index (κ1) is 16.9. The summed E-state index contributed by atoms with van der Waals surface area (Å²) in [6.07, 6.45) is 0.556. The van der Waals surface area contributed by atoms with Crippen molar-refractivity contribution in [2.75, 3.05) is 14.2 Å². The van der Waals surface area contributed by atoms with Crippen molar-refractivity contribution in [2.45, 2.75) is 38.6 Å². The highest BCUT2D eigenvalue weighted by molar-refractivity contribution is 6.76. The summed E-state index contributed by atoms with van der Waals surface area (Å²) in [5.41, 5.74) is 0.588. The second kappa shape index (κ2) is 7.57. The Balaban J connectivity index is 2.81. The summed E-state index contributed by atoms with van der Waals surface area (Å²) in [6.45, 7) is 5.97. The van der Waals surface area contributed by atoms with E-state index in [-0.39, 0.29) is 5.78 Å². The fraction of sp³-hybridized carbons (Fsp3) is 0.533. The van der Waals surface area contributed by atoms with Crippen LogP contribution in [0.1, 0.15) is 16.8 Å². The minimum absolute atomic E-state index is 0.106. The molecule has 5 heteroatoms. The van der Waals surface area contributed by atoms with Crippen molar-refractivity contribution >= 4 is 13.9 Å². The van der Waals surface area contributed by atoms with Crippen molar-refractivity contribution in [1.82, 2.24) is 0 Å². The number of para-hydroxylation sites is 1. The smallest absolute Gasteiger partial charge is 0.315 e. The number of methoxy groups -OCH3 is 2. The maximum absolute atomic E-state index is 12.3. The zero-order valence-corrected chi connectivity index (χ0v) is 13.9. The van der Waals surface area contributed by atoms with E-state index in [2.05, 4.69) is 19.6 Å². The SMILES string of the molecule is COC(OC)Oc1ccccc1C(=O)CC[Si](C)(C)C. The predicted octanol–water partition coefficient (Wildman–Crippen LogP) is 3.55. The Kier molecular flexibility index (Phi) is 6.39. The third kappa shape index (κ3) is 5.44. The van der Waals surface area contributed by atoms with Gasteiger partial charge in [-0.15, -0.1) is 0 Å². The summed E-state index contributed by atoms with van der Waals surface area (Å²) in [5, 5.41) is 0. The van der Waals surface area contributed by atoms with Gasteiger partial charge in [0.2, 0.25) is 0 Å². The molecule has 0 spiro atoms. The molecule has 0 aliphatic carbocycles. The van der Waals surface area contributed by atoms with Gasteiger partial charge in [-0.3, -0.25) is 4.79 Å². The van der Waals surface area contributed by atoms with Gasteiger partial charge >= 0.3 is 6.48 Å². The minimum Gasteiger partial charge on any atom is -0.440 e. The first-order valence-corrected chi connectivity index (χ1v) is 10.4. The van der Waals surface area contributed by atoms with E-state index < -0.39 is 14.5 Å².